The van der Waals surface area contributed by atoms with E-state index >= 15 is 0 Å². The molecule has 17 heavy (non-hydrogen) atoms. The molecule has 0 aliphatic rings. The number of aliphatic hydroxyl groups excluding tert-OH is 1. The van der Waals surface area contributed by atoms with Crippen LogP contribution in [0.15, 0.2) is 24.3 Å². The average molecular weight is 238 g/mol. The van der Waals surface area contributed by atoms with Gasteiger partial charge in [0.2, 0.25) is 0 Å². The Kier molecular flexibility index (Phi) is 4.97. The molecule has 0 saturated heterocycles. The fraction of sp³-hybridized carbons (Fsp3) is 0.571. The molecule has 0 fully saturated rings. The van der Waals surface area contributed by atoms with Crippen LogP contribution in [0.3, 0.4) is 0 Å². The van der Waals surface area contributed by atoms with E-state index in [1.54, 1.807) is 6.92 Å². The molecule has 3 heteroatoms. The number of para-hydroxylation sites is 1. The minimum Gasteiger partial charge on any atom is -0.490 e. The summed E-state index contributed by atoms with van der Waals surface area (Å²) < 4.78 is 5.61. The largest absolute Gasteiger partial charge is 0.490 e. The van der Waals surface area contributed by atoms with E-state index < -0.39 is 11.7 Å². The monoisotopic (exact) mass is 238 g/mol. The molecular formula is C14H22O3. The molecule has 2 N–H and O–H groups in total. The molecule has 0 bridgehead atoms. The summed E-state index contributed by atoms with van der Waals surface area (Å²) in [6, 6.07) is 7.41. The van der Waals surface area contributed by atoms with Crippen molar-refractivity contribution >= 4 is 0 Å². The number of benzene rings is 1. The summed E-state index contributed by atoms with van der Waals surface area (Å²) in [5.41, 5.74) is -0.0495. The van der Waals surface area contributed by atoms with Gasteiger partial charge in [0.15, 0.2) is 0 Å². The van der Waals surface area contributed by atoms with Gasteiger partial charge in [0.05, 0.1) is 11.7 Å². The average Bonchev–Trinajstić information content (AvgIpc) is 2.36. The highest BCUT2D eigenvalue weighted by Gasteiger charge is 2.20. The van der Waals surface area contributed by atoms with E-state index in [4.69, 9.17) is 4.74 Å². The van der Waals surface area contributed by atoms with Crippen LogP contribution in [0.4, 0.5) is 0 Å². The summed E-state index contributed by atoms with van der Waals surface area (Å²) in [6.07, 6.45) is 0.758. The molecule has 3 nitrogen and oxygen atoms in total. The summed E-state index contributed by atoms with van der Waals surface area (Å²) in [5, 5.41) is 19.7. The first-order valence-corrected chi connectivity index (χ1v) is 6.12. The minimum atomic E-state index is -0.829. The van der Waals surface area contributed by atoms with E-state index in [9.17, 15) is 10.2 Å². The predicted molar refractivity (Wildman–Crippen MR) is 68.1 cm³/mol. The molecule has 0 radical (unpaired) electrons. The van der Waals surface area contributed by atoms with Crippen molar-refractivity contribution in [3.63, 3.8) is 0 Å². The summed E-state index contributed by atoms with van der Waals surface area (Å²) in [4.78, 5) is 0. The lowest BCUT2D eigenvalue weighted by atomic mass is 10.0. The molecule has 1 unspecified atom stereocenters. The lowest BCUT2D eigenvalue weighted by molar-refractivity contribution is 0.00731. The molecule has 96 valence electrons. The highest BCUT2D eigenvalue weighted by molar-refractivity contribution is 5.35. The first-order valence-electron chi connectivity index (χ1n) is 6.12. The highest BCUT2D eigenvalue weighted by atomic mass is 16.5. The molecule has 1 rings (SSSR count). The summed E-state index contributed by atoms with van der Waals surface area (Å²) in [6.45, 7) is 5.81. The molecule has 1 aromatic carbocycles. The standard InChI is InChI=1S/C14H22O3/c1-4-12(15)11-8-6-7-9-13(11)17-10-14(3,16)5-2/h6-9,12,15-16H,4-5,10H2,1-3H3/t12-,14?/m1/s1. The Morgan fingerprint density at radius 1 is 1.29 bits per heavy atom. The topological polar surface area (TPSA) is 49.7 Å². The third-order valence-corrected chi connectivity index (χ3v) is 2.96. The van der Waals surface area contributed by atoms with Crippen LogP contribution in [0.5, 0.6) is 5.75 Å². The van der Waals surface area contributed by atoms with E-state index in [1.807, 2.05) is 38.1 Å². The van der Waals surface area contributed by atoms with Crippen molar-refractivity contribution < 1.29 is 14.9 Å². The van der Waals surface area contributed by atoms with Crippen LogP contribution in [-0.2, 0) is 0 Å². The Labute approximate surface area is 103 Å². The van der Waals surface area contributed by atoms with Gasteiger partial charge in [-0.05, 0) is 25.8 Å². The van der Waals surface area contributed by atoms with Gasteiger partial charge in [-0.25, -0.2) is 0 Å². The zero-order valence-corrected chi connectivity index (χ0v) is 10.8. The minimum absolute atomic E-state index is 0.233. The zero-order valence-electron chi connectivity index (χ0n) is 10.8. The highest BCUT2D eigenvalue weighted by Crippen LogP contribution is 2.27. The van der Waals surface area contributed by atoms with Crippen LogP contribution < -0.4 is 4.74 Å². The van der Waals surface area contributed by atoms with Crippen LogP contribution in [0.2, 0.25) is 0 Å². The van der Waals surface area contributed by atoms with Gasteiger partial charge < -0.3 is 14.9 Å². The van der Waals surface area contributed by atoms with Crippen molar-refractivity contribution in [2.24, 2.45) is 0 Å². The van der Waals surface area contributed by atoms with Crippen LogP contribution in [0, 0.1) is 0 Å². The Balaban J connectivity index is 2.77. The van der Waals surface area contributed by atoms with Crippen molar-refractivity contribution in [1.29, 1.82) is 0 Å². The smallest absolute Gasteiger partial charge is 0.125 e. The van der Waals surface area contributed by atoms with Crippen molar-refractivity contribution in [3.05, 3.63) is 29.8 Å². The Morgan fingerprint density at radius 2 is 1.94 bits per heavy atom. The number of ether oxygens (including phenoxy) is 1. The second kappa shape index (κ2) is 6.03. The molecule has 0 spiro atoms. The maximum Gasteiger partial charge on any atom is 0.125 e. The van der Waals surface area contributed by atoms with E-state index in [1.165, 1.54) is 0 Å². The molecule has 0 aromatic heterocycles. The molecule has 0 aliphatic carbocycles. The number of aliphatic hydroxyl groups is 2. The molecule has 1 aromatic rings. The Bertz CT molecular complexity index is 347. The van der Waals surface area contributed by atoms with Crippen LogP contribution in [0.25, 0.3) is 0 Å². The lowest BCUT2D eigenvalue weighted by Crippen LogP contribution is -2.31. The molecular weight excluding hydrogens is 216 g/mol. The Hall–Kier alpha value is -1.06. The molecule has 0 heterocycles. The van der Waals surface area contributed by atoms with Gasteiger partial charge in [0, 0.05) is 5.56 Å². The van der Waals surface area contributed by atoms with E-state index in [0.717, 1.165) is 5.56 Å². The second-order valence-corrected chi connectivity index (χ2v) is 4.60. The number of hydrogen-bond acceptors (Lipinski definition) is 3. The SMILES string of the molecule is CC[C@@H](O)c1ccccc1OCC(C)(O)CC. The van der Waals surface area contributed by atoms with Crippen molar-refractivity contribution in [1.82, 2.24) is 0 Å². The van der Waals surface area contributed by atoms with Crippen LogP contribution >= 0.6 is 0 Å². The van der Waals surface area contributed by atoms with Crippen LogP contribution in [0.1, 0.15) is 45.3 Å². The predicted octanol–water partition coefficient (Wildman–Crippen LogP) is 2.67. The van der Waals surface area contributed by atoms with E-state index in [2.05, 4.69) is 0 Å². The zero-order chi connectivity index (χ0) is 12.9. The second-order valence-electron chi connectivity index (χ2n) is 4.60. The third kappa shape index (κ3) is 4.02. The van der Waals surface area contributed by atoms with E-state index in [-0.39, 0.29) is 6.61 Å². The Morgan fingerprint density at radius 3 is 2.53 bits per heavy atom. The van der Waals surface area contributed by atoms with Gasteiger partial charge in [-0.1, -0.05) is 32.0 Å². The van der Waals surface area contributed by atoms with Crippen molar-refractivity contribution in [2.75, 3.05) is 6.61 Å². The fourth-order valence-electron chi connectivity index (χ4n) is 1.44. The first kappa shape index (κ1) is 14.0. The maximum absolute atomic E-state index is 9.88. The molecule has 2 atom stereocenters. The molecule has 0 amide bonds. The van der Waals surface area contributed by atoms with Gasteiger partial charge in [0.25, 0.3) is 0 Å². The van der Waals surface area contributed by atoms with Crippen LogP contribution in [-0.4, -0.2) is 22.4 Å². The summed E-state index contributed by atoms with van der Waals surface area (Å²) >= 11 is 0. The molecule has 0 aliphatic heterocycles. The quantitative estimate of drug-likeness (QED) is 0.801. The fourth-order valence-corrected chi connectivity index (χ4v) is 1.44. The van der Waals surface area contributed by atoms with E-state index in [0.29, 0.717) is 18.6 Å². The van der Waals surface area contributed by atoms with Crippen molar-refractivity contribution in [3.8, 4) is 5.75 Å². The molecule has 0 saturated carbocycles. The normalized spacial score (nSPS) is 16.3. The number of hydrogen-bond donors (Lipinski definition) is 2. The van der Waals surface area contributed by atoms with Gasteiger partial charge >= 0.3 is 0 Å². The van der Waals surface area contributed by atoms with Gasteiger partial charge in [-0.3, -0.25) is 0 Å². The first-order chi connectivity index (χ1) is 8.00. The van der Waals surface area contributed by atoms with Gasteiger partial charge in [0.1, 0.15) is 12.4 Å². The summed E-state index contributed by atoms with van der Waals surface area (Å²) in [7, 11) is 0. The van der Waals surface area contributed by atoms with Crippen molar-refractivity contribution in [2.45, 2.75) is 45.3 Å². The number of rotatable bonds is 6. The maximum atomic E-state index is 9.88. The third-order valence-electron chi connectivity index (χ3n) is 2.96. The lowest BCUT2D eigenvalue weighted by Gasteiger charge is -2.23. The van der Waals surface area contributed by atoms with Gasteiger partial charge in [-0.15, -0.1) is 0 Å². The summed E-state index contributed by atoms with van der Waals surface area (Å²) in [5.74, 6) is 0.649. The van der Waals surface area contributed by atoms with Gasteiger partial charge in [-0.2, -0.15) is 0 Å².